The van der Waals surface area contributed by atoms with Crippen molar-refractivity contribution in [2.45, 2.75) is 36.2 Å². The van der Waals surface area contributed by atoms with Crippen LogP contribution >= 0.6 is 31.4 Å². The highest BCUT2D eigenvalue weighted by Crippen LogP contribution is 2.52. The predicted octanol–water partition coefficient (Wildman–Crippen LogP) is 3.34. The maximum atomic E-state index is 2.09. The molecule has 0 bridgehead atoms. The fourth-order valence-corrected chi connectivity index (χ4v) is 5.75. The van der Waals surface area contributed by atoms with Crippen LogP contribution in [0.3, 0.4) is 0 Å². The van der Waals surface area contributed by atoms with E-state index in [2.05, 4.69) is 21.6 Å². The quantitative estimate of drug-likeness (QED) is 0.606. The summed E-state index contributed by atoms with van der Waals surface area (Å²) in [5, 5.41) is 2.06. The van der Waals surface area contributed by atoms with E-state index >= 15 is 0 Å². The van der Waals surface area contributed by atoms with Crippen molar-refractivity contribution in [1.29, 1.82) is 0 Å². The molecule has 0 N–H and O–H groups in total. The van der Waals surface area contributed by atoms with Gasteiger partial charge in [-0.1, -0.05) is 21.6 Å². The summed E-state index contributed by atoms with van der Waals surface area (Å²) in [6, 6.07) is 0. The minimum atomic E-state index is 1.03. The normalized spacial score (nSPS) is 26.7. The maximum absolute atomic E-state index is 2.09. The zero-order valence-corrected chi connectivity index (χ0v) is 7.66. The summed E-state index contributed by atoms with van der Waals surface area (Å²) < 4.78 is 0. The van der Waals surface area contributed by atoms with Gasteiger partial charge in [0.1, 0.15) is 0 Å². The van der Waals surface area contributed by atoms with Crippen LogP contribution in [0.5, 0.6) is 0 Å². The molecule has 52 valence electrons. The summed E-state index contributed by atoms with van der Waals surface area (Å²) in [5.74, 6) is 0. The highest BCUT2D eigenvalue weighted by Gasteiger charge is 2.26. The van der Waals surface area contributed by atoms with Crippen LogP contribution in [0.25, 0.3) is 0 Å². The Balaban J connectivity index is 1.46. The Bertz CT molecular complexity index is 84.5. The van der Waals surface area contributed by atoms with Gasteiger partial charge in [-0.3, -0.25) is 0 Å². The van der Waals surface area contributed by atoms with Gasteiger partial charge >= 0.3 is 0 Å². The van der Waals surface area contributed by atoms with Crippen LogP contribution in [0.4, 0.5) is 0 Å². The van der Waals surface area contributed by atoms with Crippen molar-refractivity contribution in [3.05, 3.63) is 0 Å². The first-order chi connectivity index (χ1) is 4.45. The van der Waals surface area contributed by atoms with Crippen molar-refractivity contribution < 1.29 is 0 Å². The van der Waals surface area contributed by atoms with Crippen molar-refractivity contribution in [2.24, 2.45) is 0 Å². The molecule has 0 nitrogen and oxygen atoms in total. The third-order valence-electron chi connectivity index (χ3n) is 1.40. The molecule has 0 spiro atoms. The van der Waals surface area contributed by atoms with E-state index in [1.165, 1.54) is 25.7 Å². The summed E-state index contributed by atoms with van der Waals surface area (Å²) in [6.07, 6.45) is 5.90. The lowest BCUT2D eigenvalue weighted by molar-refractivity contribution is 1.50. The van der Waals surface area contributed by atoms with Crippen LogP contribution in [0, 0.1) is 0 Å². The third-order valence-corrected chi connectivity index (χ3v) is 6.56. The van der Waals surface area contributed by atoms with Crippen LogP contribution in [0.15, 0.2) is 0 Å². The predicted molar refractivity (Wildman–Crippen MR) is 48.8 cm³/mol. The first kappa shape index (κ1) is 6.74. The van der Waals surface area contributed by atoms with Crippen LogP contribution in [-0.2, 0) is 0 Å². The molecular formula is C6H10S3. The second-order valence-electron chi connectivity index (χ2n) is 2.66. The Morgan fingerprint density at radius 1 is 0.778 bits per heavy atom. The van der Waals surface area contributed by atoms with Crippen molar-refractivity contribution in [2.75, 3.05) is 0 Å². The fraction of sp³-hybridized carbons (Fsp3) is 1.00. The largest absolute Gasteiger partial charge is 0.0791 e. The molecule has 0 aromatic rings. The number of hydrogen-bond donors (Lipinski definition) is 0. The van der Waals surface area contributed by atoms with Gasteiger partial charge in [0.25, 0.3) is 0 Å². The molecule has 0 aliphatic heterocycles. The molecule has 2 saturated carbocycles. The van der Waals surface area contributed by atoms with E-state index in [-0.39, 0.29) is 0 Å². The number of rotatable bonds is 4. The summed E-state index contributed by atoms with van der Waals surface area (Å²) >= 11 is 0. The second kappa shape index (κ2) is 2.97. The van der Waals surface area contributed by atoms with Gasteiger partial charge in [-0.2, -0.15) is 0 Å². The molecule has 3 heteroatoms. The van der Waals surface area contributed by atoms with Gasteiger partial charge in [0.15, 0.2) is 0 Å². The molecule has 2 fully saturated rings. The van der Waals surface area contributed by atoms with E-state index in [4.69, 9.17) is 0 Å². The average molecular weight is 178 g/mol. The van der Waals surface area contributed by atoms with Gasteiger partial charge in [-0.05, 0) is 35.5 Å². The lowest BCUT2D eigenvalue weighted by Crippen LogP contribution is -1.63. The van der Waals surface area contributed by atoms with E-state index < -0.39 is 0 Å². The maximum Gasteiger partial charge on any atom is 0.0160 e. The van der Waals surface area contributed by atoms with Gasteiger partial charge in [0, 0.05) is 10.5 Å². The van der Waals surface area contributed by atoms with Crippen molar-refractivity contribution in [3.63, 3.8) is 0 Å². The van der Waals surface area contributed by atoms with E-state index in [0.29, 0.717) is 0 Å². The van der Waals surface area contributed by atoms with Crippen molar-refractivity contribution in [1.82, 2.24) is 0 Å². The van der Waals surface area contributed by atoms with Crippen molar-refractivity contribution in [3.8, 4) is 0 Å². The Hall–Kier alpha value is 1.05. The second-order valence-corrected chi connectivity index (χ2v) is 7.30. The molecular weight excluding hydrogens is 168 g/mol. The van der Waals surface area contributed by atoms with E-state index in [0.717, 1.165) is 10.5 Å². The first-order valence-electron chi connectivity index (χ1n) is 3.44. The lowest BCUT2D eigenvalue weighted by atomic mass is 11.0. The molecule has 0 atom stereocenters. The smallest absolute Gasteiger partial charge is 0.0160 e. The monoisotopic (exact) mass is 178 g/mol. The van der Waals surface area contributed by atoms with E-state index in [9.17, 15) is 0 Å². The van der Waals surface area contributed by atoms with E-state index in [1.807, 2.05) is 9.83 Å². The summed E-state index contributed by atoms with van der Waals surface area (Å²) in [5.41, 5.74) is 0. The van der Waals surface area contributed by atoms with E-state index in [1.54, 1.807) is 0 Å². The van der Waals surface area contributed by atoms with Gasteiger partial charge in [0.2, 0.25) is 0 Å². The van der Waals surface area contributed by atoms with Crippen LogP contribution in [0.2, 0.25) is 0 Å². The van der Waals surface area contributed by atoms with Crippen LogP contribution in [0.1, 0.15) is 25.7 Å². The Labute approximate surface area is 67.7 Å². The zero-order valence-electron chi connectivity index (χ0n) is 5.21. The molecule has 2 aliphatic rings. The van der Waals surface area contributed by atoms with Gasteiger partial charge < -0.3 is 0 Å². The minimum absolute atomic E-state index is 1.03. The Morgan fingerprint density at radius 2 is 1.22 bits per heavy atom. The molecule has 0 radical (unpaired) electrons. The van der Waals surface area contributed by atoms with Gasteiger partial charge in [-0.25, -0.2) is 0 Å². The summed E-state index contributed by atoms with van der Waals surface area (Å²) in [4.78, 5) is 0. The first-order valence-corrected chi connectivity index (χ1v) is 7.05. The summed E-state index contributed by atoms with van der Waals surface area (Å²) in [7, 11) is 6.21. The zero-order chi connectivity index (χ0) is 6.10. The minimum Gasteiger partial charge on any atom is -0.0791 e. The van der Waals surface area contributed by atoms with Crippen LogP contribution in [-0.4, -0.2) is 10.5 Å². The molecule has 0 aromatic carbocycles. The Morgan fingerprint density at radius 3 is 1.56 bits per heavy atom. The molecule has 2 rings (SSSR count). The number of hydrogen-bond acceptors (Lipinski definition) is 3. The fourth-order valence-electron chi connectivity index (χ4n) is 0.462. The molecule has 2 aliphatic carbocycles. The lowest BCUT2D eigenvalue weighted by Gasteiger charge is -1.93. The molecule has 0 heterocycles. The summed E-state index contributed by atoms with van der Waals surface area (Å²) in [6.45, 7) is 0. The SMILES string of the molecule is C1CC1SSSC1CC1. The highest BCUT2D eigenvalue weighted by molar-refractivity contribution is 9.09. The molecule has 0 aromatic heterocycles. The molecule has 9 heavy (non-hydrogen) atoms. The van der Waals surface area contributed by atoms with Crippen molar-refractivity contribution >= 4 is 31.4 Å². The molecule has 0 unspecified atom stereocenters. The standard InChI is InChI=1S/C6H10S3/c1-2-5(1)7-9-8-6-3-4-6/h5-6H,1-4H2. The topological polar surface area (TPSA) is 0 Å². The third kappa shape index (κ3) is 2.64. The van der Waals surface area contributed by atoms with Gasteiger partial charge in [-0.15, -0.1) is 0 Å². The molecule has 0 saturated heterocycles. The Kier molecular flexibility index (Phi) is 2.23. The van der Waals surface area contributed by atoms with Gasteiger partial charge in [0.05, 0.1) is 0 Å². The highest BCUT2D eigenvalue weighted by atomic mass is 33.5. The van der Waals surface area contributed by atoms with Crippen LogP contribution < -0.4 is 0 Å². The average Bonchev–Trinajstić information content (AvgIpc) is 2.57. The molecule has 0 amide bonds.